The molecule has 2 rings (SSSR count). The maximum absolute atomic E-state index is 5.29. The van der Waals surface area contributed by atoms with Gasteiger partial charge in [0.25, 0.3) is 0 Å². The summed E-state index contributed by atoms with van der Waals surface area (Å²) in [4.78, 5) is 10.2. The van der Waals surface area contributed by atoms with Gasteiger partial charge in [0.2, 0.25) is 0 Å². The number of nitrogens with one attached hydrogen (secondary N) is 1. The highest BCUT2D eigenvalue weighted by Gasteiger charge is 2.23. The average molecular weight is 350 g/mol. The Labute approximate surface area is 125 Å². The highest BCUT2D eigenvalue weighted by Crippen LogP contribution is 2.27. The van der Waals surface area contributed by atoms with Crippen LogP contribution < -0.4 is 0 Å². The number of hydrogen-bond donors (Lipinski definition) is 1. The summed E-state index contributed by atoms with van der Waals surface area (Å²) in [6.07, 6.45) is 0. The predicted molar refractivity (Wildman–Crippen MR) is 80.5 cm³/mol. The lowest BCUT2D eigenvalue weighted by molar-refractivity contribution is 0.179. The number of H-pyrrole nitrogens is 1. The summed E-state index contributed by atoms with van der Waals surface area (Å²) in [5, 5.41) is 0. The molecule has 1 aromatic heterocycles. The zero-order valence-corrected chi connectivity index (χ0v) is 13.6. The molecule has 0 amide bonds. The van der Waals surface area contributed by atoms with E-state index in [4.69, 9.17) is 17.0 Å². The lowest BCUT2D eigenvalue weighted by atomic mass is 10.2. The lowest BCUT2D eigenvalue weighted by Crippen LogP contribution is -2.34. The molecule has 18 heavy (non-hydrogen) atoms. The van der Waals surface area contributed by atoms with Crippen molar-refractivity contribution in [2.45, 2.75) is 12.6 Å². The molecule has 1 aliphatic rings. The number of aromatic nitrogens is 2. The van der Waals surface area contributed by atoms with Crippen molar-refractivity contribution in [2.24, 2.45) is 0 Å². The summed E-state index contributed by atoms with van der Waals surface area (Å²) < 4.78 is 6.60. The number of rotatable bonds is 3. The molecule has 0 spiro atoms. The van der Waals surface area contributed by atoms with E-state index in [-0.39, 0.29) is 0 Å². The van der Waals surface area contributed by atoms with Crippen LogP contribution in [0.4, 0.5) is 0 Å². The molecule has 1 fully saturated rings. The third kappa shape index (κ3) is 3.14. The topological polar surface area (TPSA) is 41.1 Å². The van der Waals surface area contributed by atoms with Crippen LogP contribution in [0.15, 0.2) is 4.47 Å². The van der Waals surface area contributed by atoms with E-state index in [1.807, 2.05) is 11.8 Å². The molecule has 1 atom stereocenters. The molecule has 1 saturated heterocycles. The molecule has 0 bridgehead atoms. The van der Waals surface area contributed by atoms with E-state index in [1.54, 1.807) is 7.11 Å². The predicted octanol–water partition coefficient (Wildman–Crippen LogP) is 2.77. The molecule has 1 unspecified atom stereocenters. The van der Waals surface area contributed by atoms with Gasteiger partial charge in [0.15, 0.2) is 0 Å². The van der Waals surface area contributed by atoms with E-state index in [0.717, 1.165) is 28.3 Å². The van der Waals surface area contributed by atoms with E-state index in [1.165, 1.54) is 5.75 Å². The van der Waals surface area contributed by atoms with Gasteiger partial charge < -0.3 is 9.72 Å². The van der Waals surface area contributed by atoms with Crippen LogP contribution in [-0.2, 0) is 11.3 Å². The highest BCUT2D eigenvalue weighted by atomic mass is 79.9. The molecule has 0 aromatic carbocycles. The Morgan fingerprint density at radius 3 is 3.11 bits per heavy atom. The third-order valence-corrected chi connectivity index (χ3v) is 5.39. The normalized spacial score (nSPS) is 21.2. The zero-order chi connectivity index (χ0) is 13.1. The summed E-state index contributed by atoms with van der Waals surface area (Å²) in [5.41, 5.74) is 0.955. The largest absolute Gasteiger partial charge is 0.378 e. The monoisotopic (exact) mass is 349 g/mol. The average Bonchev–Trinajstić information content (AvgIpc) is 2.35. The van der Waals surface area contributed by atoms with Gasteiger partial charge in [0.05, 0.1) is 22.8 Å². The van der Waals surface area contributed by atoms with Crippen molar-refractivity contribution in [3.63, 3.8) is 0 Å². The Morgan fingerprint density at radius 2 is 2.44 bits per heavy atom. The minimum Gasteiger partial charge on any atom is -0.378 e. The first-order chi connectivity index (χ1) is 8.63. The molecule has 1 aromatic rings. The van der Waals surface area contributed by atoms with Crippen LogP contribution in [0.1, 0.15) is 17.6 Å². The van der Waals surface area contributed by atoms with Crippen molar-refractivity contribution in [1.29, 1.82) is 0 Å². The van der Waals surface area contributed by atoms with Crippen LogP contribution in [0.5, 0.6) is 0 Å². The second-order valence-electron chi connectivity index (χ2n) is 4.22. The van der Waals surface area contributed by atoms with Crippen molar-refractivity contribution >= 4 is 39.9 Å². The first kappa shape index (κ1) is 14.5. The first-order valence-corrected chi connectivity index (χ1v) is 8.04. The molecule has 4 nitrogen and oxygen atoms in total. The molecule has 0 saturated carbocycles. The van der Waals surface area contributed by atoms with Gasteiger partial charge in [-0.3, -0.25) is 4.90 Å². The third-order valence-electron chi connectivity index (χ3n) is 2.95. The SMILES string of the molecule is COCc1[nH]c(C2CSCCN2C)nc(=S)c1Br. The fourth-order valence-corrected chi connectivity index (χ4v) is 3.64. The Kier molecular flexibility index (Phi) is 5.20. The van der Waals surface area contributed by atoms with Crippen molar-refractivity contribution in [2.75, 3.05) is 32.2 Å². The minimum atomic E-state index is 0.300. The number of nitrogens with zero attached hydrogens (tertiary/aromatic N) is 2. The van der Waals surface area contributed by atoms with Crippen molar-refractivity contribution in [3.8, 4) is 0 Å². The van der Waals surface area contributed by atoms with Gasteiger partial charge in [0, 0.05) is 25.2 Å². The van der Waals surface area contributed by atoms with Crippen LogP contribution in [0.3, 0.4) is 0 Å². The van der Waals surface area contributed by atoms with Crippen LogP contribution in [0.2, 0.25) is 0 Å². The van der Waals surface area contributed by atoms with Gasteiger partial charge in [-0.1, -0.05) is 12.2 Å². The summed E-state index contributed by atoms with van der Waals surface area (Å²) in [6.45, 7) is 1.58. The maximum atomic E-state index is 5.29. The molecule has 2 heterocycles. The Hall–Kier alpha value is 0.0500. The number of hydrogen-bond acceptors (Lipinski definition) is 5. The quantitative estimate of drug-likeness (QED) is 0.849. The van der Waals surface area contributed by atoms with Crippen molar-refractivity contribution in [1.82, 2.24) is 14.9 Å². The minimum absolute atomic E-state index is 0.300. The number of thioether (sulfide) groups is 1. The fraction of sp³-hybridized carbons (Fsp3) is 0.636. The Balaban J connectivity index is 2.35. The smallest absolute Gasteiger partial charge is 0.144 e. The van der Waals surface area contributed by atoms with Gasteiger partial charge in [-0.15, -0.1) is 0 Å². The van der Waals surface area contributed by atoms with Crippen LogP contribution >= 0.6 is 39.9 Å². The standard InChI is InChI=1S/C11H16BrN3OS2/c1-15-3-4-18-6-8(15)10-13-7(5-16-2)9(12)11(17)14-10/h8H,3-6H2,1-2H3,(H,13,14,17). The van der Waals surface area contributed by atoms with Gasteiger partial charge in [0.1, 0.15) is 10.5 Å². The van der Waals surface area contributed by atoms with E-state index in [2.05, 4.69) is 37.8 Å². The van der Waals surface area contributed by atoms with E-state index in [0.29, 0.717) is 17.3 Å². The highest BCUT2D eigenvalue weighted by molar-refractivity contribution is 9.10. The number of halogens is 1. The molecule has 7 heteroatoms. The zero-order valence-electron chi connectivity index (χ0n) is 10.4. The van der Waals surface area contributed by atoms with Crippen LogP contribution in [-0.4, -0.2) is 47.1 Å². The number of aromatic amines is 1. The molecule has 0 aliphatic carbocycles. The molecule has 100 valence electrons. The van der Waals surface area contributed by atoms with Gasteiger partial charge >= 0.3 is 0 Å². The summed E-state index contributed by atoms with van der Waals surface area (Å²) in [7, 11) is 3.80. The molecule has 1 N–H and O–H groups in total. The first-order valence-electron chi connectivity index (χ1n) is 5.69. The fourth-order valence-electron chi connectivity index (χ4n) is 1.90. The number of ether oxygens (including phenoxy) is 1. The molecular weight excluding hydrogens is 334 g/mol. The van der Waals surface area contributed by atoms with Gasteiger partial charge in [-0.05, 0) is 23.0 Å². The summed E-state index contributed by atoms with van der Waals surface area (Å²) >= 11 is 10.7. The second-order valence-corrected chi connectivity index (χ2v) is 6.55. The van der Waals surface area contributed by atoms with Crippen LogP contribution in [0.25, 0.3) is 0 Å². The molecule has 0 radical (unpaired) electrons. The summed E-state index contributed by atoms with van der Waals surface area (Å²) in [5.74, 6) is 3.16. The van der Waals surface area contributed by atoms with Crippen LogP contribution in [0, 0.1) is 4.64 Å². The van der Waals surface area contributed by atoms with Crippen molar-refractivity contribution in [3.05, 3.63) is 20.6 Å². The Bertz CT molecular complexity index is 480. The Morgan fingerprint density at radius 1 is 1.67 bits per heavy atom. The van der Waals surface area contributed by atoms with Crippen molar-refractivity contribution < 1.29 is 4.74 Å². The lowest BCUT2D eigenvalue weighted by Gasteiger charge is -2.31. The summed E-state index contributed by atoms with van der Waals surface area (Å²) in [6, 6.07) is 0.300. The van der Waals surface area contributed by atoms with E-state index < -0.39 is 0 Å². The van der Waals surface area contributed by atoms with E-state index >= 15 is 0 Å². The second kappa shape index (κ2) is 6.47. The number of methoxy groups -OCH3 is 1. The maximum Gasteiger partial charge on any atom is 0.144 e. The van der Waals surface area contributed by atoms with Gasteiger partial charge in [-0.25, -0.2) is 4.98 Å². The van der Waals surface area contributed by atoms with Gasteiger partial charge in [-0.2, -0.15) is 11.8 Å². The van der Waals surface area contributed by atoms with E-state index in [9.17, 15) is 0 Å². The molecular formula is C11H16BrN3OS2. The molecule has 1 aliphatic heterocycles.